The molecule has 0 saturated heterocycles. The Bertz CT molecular complexity index is 863. The van der Waals surface area contributed by atoms with E-state index in [4.69, 9.17) is 9.52 Å². The van der Waals surface area contributed by atoms with Gasteiger partial charge in [0.2, 0.25) is 0 Å². The van der Waals surface area contributed by atoms with Crippen LogP contribution in [0.3, 0.4) is 0 Å². The van der Waals surface area contributed by atoms with Gasteiger partial charge in [-0.3, -0.25) is 9.59 Å². The highest BCUT2D eigenvalue weighted by atomic mass is 16.4. The van der Waals surface area contributed by atoms with E-state index in [-0.39, 0.29) is 17.1 Å². The summed E-state index contributed by atoms with van der Waals surface area (Å²) in [5.74, 6) is -0.884. The SMILES string of the molecule is Cc1ccc(NC(=O)c2oc3c(c2C)C(=O)CCC3)cc1C(=O)O. The standard InChI is InChI=1S/C18H17NO5/c1-9-6-7-11(8-12(9)18(22)23)19-17(21)16-10(2)15-13(20)4-3-5-14(15)24-16/h6-8H,3-5H2,1-2H3,(H,19,21)(H,22,23). The number of hydrogen-bond acceptors (Lipinski definition) is 4. The largest absolute Gasteiger partial charge is 0.478 e. The minimum Gasteiger partial charge on any atom is -0.478 e. The average Bonchev–Trinajstić information content (AvgIpc) is 2.87. The van der Waals surface area contributed by atoms with Gasteiger partial charge in [-0.1, -0.05) is 6.07 Å². The second-order valence-corrected chi connectivity index (χ2v) is 5.92. The highest BCUT2D eigenvalue weighted by molar-refractivity contribution is 6.07. The van der Waals surface area contributed by atoms with E-state index in [1.165, 1.54) is 6.07 Å². The third-order valence-electron chi connectivity index (χ3n) is 4.24. The predicted octanol–water partition coefficient (Wildman–Crippen LogP) is 3.37. The van der Waals surface area contributed by atoms with E-state index in [0.717, 1.165) is 6.42 Å². The van der Waals surface area contributed by atoms with Crippen molar-refractivity contribution in [2.45, 2.75) is 33.1 Å². The highest BCUT2D eigenvalue weighted by Crippen LogP contribution is 2.30. The number of benzene rings is 1. The van der Waals surface area contributed by atoms with Crippen molar-refractivity contribution in [1.82, 2.24) is 0 Å². The zero-order valence-corrected chi connectivity index (χ0v) is 13.4. The summed E-state index contributed by atoms with van der Waals surface area (Å²) in [6.45, 7) is 3.38. The lowest BCUT2D eigenvalue weighted by Gasteiger charge is -2.07. The fraction of sp³-hybridized carbons (Fsp3) is 0.278. The summed E-state index contributed by atoms with van der Waals surface area (Å²) in [6.07, 6.45) is 1.83. The molecule has 0 fully saturated rings. The maximum atomic E-state index is 12.5. The quantitative estimate of drug-likeness (QED) is 0.901. The van der Waals surface area contributed by atoms with Gasteiger partial charge in [-0.25, -0.2) is 4.79 Å². The van der Waals surface area contributed by atoms with E-state index in [9.17, 15) is 14.4 Å². The van der Waals surface area contributed by atoms with E-state index >= 15 is 0 Å². The summed E-state index contributed by atoms with van der Waals surface area (Å²) in [5, 5.41) is 11.8. The van der Waals surface area contributed by atoms with Crippen molar-refractivity contribution >= 4 is 23.3 Å². The number of aryl methyl sites for hydroxylation is 2. The van der Waals surface area contributed by atoms with Gasteiger partial charge in [-0.2, -0.15) is 0 Å². The number of anilines is 1. The summed E-state index contributed by atoms with van der Waals surface area (Å²) in [7, 11) is 0. The number of carbonyl (C=O) groups is 3. The topological polar surface area (TPSA) is 96.6 Å². The Kier molecular flexibility index (Phi) is 3.97. The van der Waals surface area contributed by atoms with Crippen molar-refractivity contribution in [1.29, 1.82) is 0 Å². The van der Waals surface area contributed by atoms with Crippen molar-refractivity contribution in [3.8, 4) is 0 Å². The molecule has 6 nitrogen and oxygen atoms in total. The van der Waals surface area contributed by atoms with Crippen LogP contribution in [0, 0.1) is 13.8 Å². The highest BCUT2D eigenvalue weighted by Gasteiger charge is 2.28. The summed E-state index contributed by atoms with van der Waals surface area (Å²) in [4.78, 5) is 35.6. The number of aromatic carboxylic acids is 1. The number of amides is 1. The third kappa shape index (κ3) is 2.71. The number of carboxylic acids is 1. The van der Waals surface area contributed by atoms with Crippen LogP contribution in [-0.2, 0) is 6.42 Å². The molecule has 2 N–H and O–H groups in total. The number of rotatable bonds is 3. The van der Waals surface area contributed by atoms with E-state index in [1.54, 1.807) is 26.0 Å². The number of ketones is 1. The number of carbonyl (C=O) groups excluding carboxylic acids is 2. The number of nitrogens with one attached hydrogen (secondary N) is 1. The van der Waals surface area contributed by atoms with Crippen molar-refractivity contribution in [2.24, 2.45) is 0 Å². The lowest BCUT2D eigenvalue weighted by Crippen LogP contribution is -2.14. The molecule has 1 aromatic carbocycles. The zero-order valence-electron chi connectivity index (χ0n) is 13.4. The van der Waals surface area contributed by atoms with Crippen LogP contribution in [0.5, 0.6) is 0 Å². The normalized spacial score (nSPS) is 13.5. The summed E-state index contributed by atoms with van der Waals surface area (Å²) in [6, 6.07) is 4.66. The molecule has 0 bridgehead atoms. The first-order valence-corrected chi connectivity index (χ1v) is 7.69. The lowest BCUT2D eigenvalue weighted by molar-refractivity contribution is 0.0695. The number of carboxylic acid groups (broad SMARTS) is 1. The molecule has 0 spiro atoms. The average molecular weight is 327 g/mol. The van der Waals surface area contributed by atoms with Crippen LogP contribution in [0.4, 0.5) is 5.69 Å². The maximum Gasteiger partial charge on any atom is 0.336 e. The van der Waals surface area contributed by atoms with Crippen molar-refractivity contribution in [3.05, 3.63) is 52.0 Å². The summed E-state index contributed by atoms with van der Waals surface area (Å²) >= 11 is 0. The van der Waals surface area contributed by atoms with Gasteiger partial charge < -0.3 is 14.8 Å². The molecule has 0 saturated carbocycles. The van der Waals surface area contributed by atoms with Crippen LogP contribution in [0.15, 0.2) is 22.6 Å². The molecule has 0 radical (unpaired) electrons. The van der Waals surface area contributed by atoms with Gasteiger partial charge in [-0.15, -0.1) is 0 Å². The fourth-order valence-corrected chi connectivity index (χ4v) is 2.98. The molecular formula is C18H17NO5. The molecule has 1 aliphatic carbocycles. The van der Waals surface area contributed by atoms with Gasteiger partial charge in [0.05, 0.1) is 11.1 Å². The van der Waals surface area contributed by atoms with E-state index in [1.807, 2.05) is 0 Å². The molecule has 3 rings (SSSR count). The van der Waals surface area contributed by atoms with Gasteiger partial charge in [0.15, 0.2) is 11.5 Å². The monoisotopic (exact) mass is 327 g/mol. The molecule has 1 aliphatic rings. The third-order valence-corrected chi connectivity index (χ3v) is 4.24. The van der Waals surface area contributed by atoms with Crippen molar-refractivity contribution in [3.63, 3.8) is 0 Å². The van der Waals surface area contributed by atoms with Crippen LogP contribution >= 0.6 is 0 Å². The van der Waals surface area contributed by atoms with Crippen LogP contribution in [0.1, 0.15) is 61.0 Å². The Morgan fingerprint density at radius 1 is 1.21 bits per heavy atom. The van der Waals surface area contributed by atoms with Crippen LogP contribution in [-0.4, -0.2) is 22.8 Å². The molecule has 24 heavy (non-hydrogen) atoms. The Hall–Kier alpha value is -2.89. The number of fused-ring (bicyclic) bond motifs is 1. The second-order valence-electron chi connectivity index (χ2n) is 5.92. The maximum absolute atomic E-state index is 12.5. The minimum atomic E-state index is -1.06. The molecule has 2 aromatic rings. The molecule has 6 heteroatoms. The molecular weight excluding hydrogens is 310 g/mol. The van der Waals surface area contributed by atoms with E-state index in [0.29, 0.717) is 41.0 Å². The van der Waals surface area contributed by atoms with Gasteiger partial charge in [0, 0.05) is 24.1 Å². The molecule has 0 unspecified atom stereocenters. The molecule has 0 atom stereocenters. The number of Topliss-reactive ketones (excluding diaryl/α,β-unsaturated/α-hetero) is 1. The first kappa shape index (κ1) is 16.0. The number of furan rings is 1. The van der Waals surface area contributed by atoms with Gasteiger partial charge in [0.25, 0.3) is 5.91 Å². The van der Waals surface area contributed by atoms with E-state index < -0.39 is 11.9 Å². The Morgan fingerprint density at radius 3 is 2.62 bits per heavy atom. The lowest BCUT2D eigenvalue weighted by atomic mass is 9.94. The van der Waals surface area contributed by atoms with Gasteiger partial charge in [0.1, 0.15) is 5.76 Å². The zero-order chi connectivity index (χ0) is 17.4. The Morgan fingerprint density at radius 2 is 1.96 bits per heavy atom. The molecule has 1 heterocycles. The molecule has 1 aromatic heterocycles. The van der Waals surface area contributed by atoms with Crippen LogP contribution in [0.25, 0.3) is 0 Å². The second kappa shape index (κ2) is 5.96. The van der Waals surface area contributed by atoms with Gasteiger partial charge >= 0.3 is 5.97 Å². The van der Waals surface area contributed by atoms with Crippen LogP contribution in [0.2, 0.25) is 0 Å². The molecule has 124 valence electrons. The van der Waals surface area contributed by atoms with Crippen molar-refractivity contribution < 1.29 is 23.9 Å². The fourth-order valence-electron chi connectivity index (χ4n) is 2.98. The Labute approximate surface area is 138 Å². The first-order chi connectivity index (χ1) is 11.4. The minimum absolute atomic E-state index is 0.0000457. The van der Waals surface area contributed by atoms with E-state index in [2.05, 4.69) is 5.32 Å². The summed E-state index contributed by atoms with van der Waals surface area (Å²) in [5.41, 5.74) is 2.15. The number of hydrogen-bond donors (Lipinski definition) is 2. The Balaban J connectivity index is 1.90. The molecule has 0 aliphatic heterocycles. The van der Waals surface area contributed by atoms with Gasteiger partial charge in [-0.05, 0) is 38.0 Å². The smallest absolute Gasteiger partial charge is 0.336 e. The predicted molar refractivity (Wildman–Crippen MR) is 86.8 cm³/mol. The summed E-state index contributed by atoms with van der Waals surface area (Å²) < 4.78 is 5.59. The molecule has 1 amide bonds. The first-order valence-electron chi connectivity index (χ1n) is 7.69. The van der Waals surface area contributed by atoms with Crippen molar-refractivity contribution in [2.75, 3.05) is 5.32 Å². The van der Waals surface area contributed by atoms with Crippen LogP contribution < -0.4 is 5.32 Å².